The van der Waals surface area contributed by atoms with Gasteiger partial charge in [-0.1, -0.05) is 6.07 Å². The number of nitrogens with one attached hydrogen (secondary N) is 1. The van der Waals surface area contributed by atoms with Crippen LogP contribution in [-0.4, -0.2) is 26.2 Å². The van der Waals surface area contributed by atoms with E-state index in [1.54, 1.807) is 36.2 Å². The minimum atomic E-state index is -0.293. The molecule has 0 unspecified atom stereocenters. The van der Waals surface area contributed by atoms with Crippen LogP contribution in [0.1, 0.15) is 11.4 Å². The Morgan fingerprint density at radius 2 is 1.93 bits per heavy atom. The summed E-state index contributed by atoms with van der Waals surface area (Å²) in [6.45, 7) is 2.11. The number of fused-ring (bicyclic) bond motifs is 1. The van der Waals surface area contributed by atoms with Crippen LogP contribution in [0.15, 0.2) is 64.4 Å². The number of hydrogen-bond donors (Lipinski definition) is 1. The van der Waals surface area contributed by atoms with Crippen molar-refractivity contribution in [2.24, 2.45) is 0 Å². The van der Waals surface area contributed by atoms with Crippen LogP contribution in [0.3, 0.4) is 0 Å². The number of rotatable bonds is 4. The van der Waals surface area contributed by atoms with Gasteiger partial charge in [-0.25, -0.2) is 4.79 Å². The lowest BCUT2D eigenvalue weighted by Gasteiger charge is -2.17. The van der Waals surface area contributed by atoms with Crippen LogP contribution >= 0.6 is 0 Å². The highest BCUT2D eigenvalue weighted by molar-refractivity contribution is 5.90. The maximum Gasteiger partial charge on any atom is 0.330 e. The second kappa shape index (κ2) is 6.60. The number of benzene rings is 1. The van der Waals surface area contributed by atoms with Crippen molar-refractivity contribution in [1.82, 2.24) is 19.1 Å². The molecule has 0 bridgehead atoms. The molecule has 3 aromatic heterocycles. The van der Waals surface area contributed by atoms with Crippen LogP contribution in [0.5, 0.6) is 5.75 Å². The van der Waals surface area contributed by atoms with E-state index in [1.165, 1.54) is 10.6 Å². The first kappa shape index (κ1) is 16.8. The summed E-state index contributed by atoms with van der Waals surface area (Å²) in [7, 11) is 1.54. The molecule has 0 aliphatic rings. The molecule has 1 aromatic carbocycles. The molecule has 0 spiro atoms. The van der Waals surface area contributed by atoms with Gasteiger partial charge < -0.3 is 14.3 Å². The number of nitrogens with zero attached hydrogens (tertiary/aromatic N) is 3. The van der Waals surface area contributed by atoms with E-state index in [1.807, 2.05) is 31.2 Å². The average Bonchev–Trinajstić information content (AvgIpc) is 3.02. The summed E-state index contributed by atoms with van der Waals surface area (Å²) in [5.74, 6) is 0.507. The second-order valence-electron chi connectivity index (χ2n) is 6.20. The zero-order valence-corrected chi connectivity index (χ0v) is 15.0. The summed E-state index contributed by atoms with van der Waals surface area (Å²) in [6.07, 6.45) is 3.32. The highest BCUT2D eigenvalue weighted by atomic mass is 16.5. The Bertz CT molecular complexity index is 1240. The van der Waals surface area contributed by atoms with Crippen molar-refractivity contribution in [2.45, 2.75) is 13.5 Å². The molecule has 7 heteroatoms. The molecule has 3 heterocycles. The van der Waals surface area contributed by atoms with Crippen molar-refractivity contribution in [3.05, 3.63) is 87.1 Å². The molecular weight excluding hydrogens is 344 g/mol. The van der Waals surface area contributed by atoms with Gasteiger partial charge >= 0.3 is 5.69 Å². The molecule has 0 amide bonds. The summed E-state index contributed by atoms with van der Waals surface area (Å²) in [5, 5.41) is 0.828. The Morgan fingerprint density at radius 1 is 1.11 bits per heavy atom. The molecule has 4 aromatic rings. The summed E-state index contributed by atoms with van der Waals surface area (Å²) in [6, 6.07) is 12.5. The highest BCUT2D eigenvalue weighted by Gasteiger charge is 2.18. The van der Waals surface area contributed by atoms with Gasteiger partial charge in [0.2, 0.25) is 0 Å². The van der Waals surface area contributed by atoms with Crippen LogP contribution < -0.4 is 16.0 Å². The van der Waals surface area contributed by atoms with Crippen LogP contribution in [0.2, 0.25) is 0 Å². The van der Waals surface area contributed by atoms with Crippen LogP contribution in [0.25, 0.3) is 16.6 Å². The summed E-state index contributed by atoms with van der Waals surface area (Å²) in [5.41, 5.74) is 2.15. The fraction of sp³-hybridized carbons (Fsp3) is 0.150. The summed E-state index contributed by atoms with van der Waals surface area (Å²) < 4.78 is 8.67. The highest BCUT2D eigenvalue weighted by Crippen LogP contribution is 2.31. The van der Waals surface area contributed by atoms with Crippen LogP contribution in [0.4, 0.5) is 0 Å². The van der Waals surface area contributed by atoms with E-state index in [9.17, 15) is 9.59 Å². The molecule has 4 rings (SSSR count). The molecule has 7 nitrogen and oxygen atoms in total. The molecule has 0 aliphatic carbocycles. The zero-order valence-electron chi connectivity index (χ0n) is 15.0. The number of pyridine rings is 2. The first-order chi connectivity index (χ1) is 13.1. The standard InChI is InChI=1S/C20H18N4O3/c1-13-11-22-20(26)24(13)19-16(27-2)8-6-14-7-9-17(25)23(18(14)19)12-15-5-3-4-10-21-15/h3-11H,12H2,1-2H3,(H,22,26). The lowest BCUT2D eigenvalue weighted by Crippen LogP contribution is -2.24. The number of imidazole rings is 1. The zero-order chi connectivity index (χ0) is 19.0. The smallest absolute Gasteiger partial charge is 0.330 e. The molecular formula is C20H18N4O3. The monoisotopic (exact) mass is 362 g/mol. The third kappa shape index (κ3) is 2.83. The molecule has 136 valence electrons. The molecule has 27 heavy (non-hydrogen) atoms. The number of aromatic nitrogens is 4. The van der Waals surface area contributed by atoms with E-state index in [0.717, 1.165) is 11.1 Å². The van der Waals surface area contributed by atoms with Gasteiger partial charge in [0, 0.05) is 29.5 Å². The van der Waals surface area contributed by atoms with Gasteiger partial charge in [-0.2, -0.15) is 0 Å². The molecule has 0 saturated heterocycles. The lowest BCUT2D eigenvalue weighted by molar-refractivity contribution is 0.413. The average molecular weight is 362 g/mol. The minimum Gasteiger partial charge on any atom is -0.494 e. The summed E-state index contributed by atoms with van der Waals surface area (Å²) in [4.78, 5) is 32.2. The summed E-state index contributed by atoms with van der Waals surface area (Å²) >= 11 is 0. The number of H-pyrrole nitrogens is 1. The van der Waals surface area contributed by atoms with E-state index >= 15 is 0 Å². The number of ether oxygens (including phenoxy) is 1. The van der Waals surface area contributed by atoms with E-state index in [-0.39, 0.29) is 17.8 Å². The SMILES string of the molecule is COc1ccc2ccc(=O)n(Cc3ccccn3)c2c1-n1c(C)c[nH]c1=O. The van der Waals surface area contributed by atoms with Crippen molar-refractivity contribution in [1.29, 1.82) is 0 Å². The van der Waals surface area contributed by atoms with E-state index in [0.29, 0.717) is 22.6 Å². The molecule has 0 saturated carbocycles. The van der Waals surface area contributed by atoms with E-state index in [4.69, 9.17) is 4.74 Å². The largest absolute Gasteiger partial charge is 0.494 e. The molecule has 0 atom stereocenters. The number of methoxy groups -OCH3 is 1. The Hall–Kier alpha value is -3.61. The topological polar surface area (TPSA) is 81.9 Å². The Kier molecular flexibility index (Phi) is 4.12. The van der Waals surface area contributed by atoms with Crippen molar-refractivity contribution in [3.8, 4) is 11.4 Å². The van der Waals surface area contributed by atoms with Gasteiger partial charge in [-0.15, -0.1) is 0 Å². The number of hydrogen-bond acceptors (Lipinski definition) is 4. The molecule has 0 fully saturated rings. The van der Waals surface area contributed by atoms with Crippen molar-refractivity contribution in [2.75, 3.05) is 7.11 Å². The third-order valence-corrected chi connectivity index (χ3v) is 4.54. The Balaban J connectivity index is 2.11. The normalized spacial score (nSPS) is 11.0. The first-order valence-electron chi connectivity index (χ1n) is 8.48. The van der Waals surface area contributed by atoms with Crippen LogP contribution in [-0.2, 0) is 6.54 Å². The van der Waals surface area contributed by atoms with Gasteiger partial charge in [0.1, 0.15) is 11.4 Å². The fourth-order valence-corrected chi connectivity index (χ4v) is 3.28. The minimum absolute atomic E-state index is 0.177. The van der Waals surface area contributed by atoms with Gasteiger partial charge in [0.25, 0.3) is 5.56 Å². The maximum absolute atomic E-state index is 12.7. The fourth-order valence-electron chi connectivity index (χ4n) is 3.28. The lowest BCUT2D eigenvalue weighted by atomic mass is 10.1. The molecule has 0 radical (unpaired) electrons. The maximum atomic E-state index is 12.7. The quantitative estimate of drug-likeness (QED) is 0.604. The van der Waals surface area contributed by atoms with Gasteiger partial charge in [-0.05, 0) is 37.3 Å². The van der Waals surface area contributed by atoms with Gasteiger partial charge in [-0.3, -0.25) is 14.3 Å². The van der Waals surface area contributed by atoms with Crippen molar-refractivity contribution >= 4 is 10.9 Å². The molecule has 1 N–H and O–H groups in total. The predicted octanol–water partition coefficient (Wildman–Crippen LogP) is 2.24. The Labute approximate surface area is 154 Å². The number of aryl methyl sites for hydroxylation is 1. The van der Waals surface area contributed by atoms with Crippen LogP contribution in [0, 0.1) is 6.92 Å². The molecule has 0 aliphatic heterocycles. The van der Waals surface area contributed by atoms with E-state index in [2.05, 4.69) is 9.97 Å². The van der Waals surface area contributed by atoms with Gasteiger partial charge in [0.05, 0.1) is 24.9 Å². The number of aromatic amines is 1. The van der Waals surface area contributed by atoms with Gasteiger partial charge in [0.15, 0.2) is 0 Å². The van der Waals surface area contributed by atoms with E-state index < -0.39 is 0 Å². The first-order valence-corrected chi connectivity index (χ1v) is 8.48. The van der Waals surface area contributed by atoms with Crippen molar-refractivity contribution in [3.63, 3.8) is 0 Å². The third-order valence-electron chi connectivity index (χ3n) is 4.54. The Morgan fingerprint density at radius 3 is 2.59 bits per heavy atom. The predicted molar refractivity (Wildman–Crippen MR) is 103 cm³/mol. The second-order valence-corrected chi connectivity index (χ2v) is 6.20. The van der Waals surface area contributed by atoms with Crippen molar-refractivity contribution < 1.29 is 4.74 Å².